The molecule has 2 aliphatic rings. The summed E-state index contributed by atoms with van der Waals surface area (Å²) in [7, 11) is 0. The van der Waals surface area contributed by atoms with Gasteiger partial charge in [-0.25, -0.2) is 0 Å². The fraction of sp³-hybridized carbons (Fsp3) is 0.0943. The van der Waals surface area contributed by atoms with Crippen molar-refractivity contribution in [3.63, 3.8) is 0 Å². The van der Waals surface area contributed by atoms with E-state index in [4.69, 9.17) is 4.42 Å². The maximum Gasteiger partial charge on any atom is 0.140 e. The predicted molar refractivity (Wildman–Crippen MR) is 229 cm³/mol. The van der Waals surface area contributed by atoms with Crippen LogP contribution in [-0.2, 0) is 10.8 Å². The minimum Gasteiger partial charge on any atom is -0.456 e. The van der Waals surface area contributed by atoms with Crippen LogP contribution in [0.1, 0.15) is 48.6 Å². The Hall–Kier alpha value is -6.64. The number of anilines is 3. The summed E-state index contributed by atoms with van der Waals surface area (Å²) in [5, 5.41) is 2.24. The highest BCUT2D eigenvalue weighted by Gasteiger charge is 2.43. The molecule has 0 saturated carbocycles. The van der Waals surface area contributed by atoms with E-state index in [2.05, 4.69) is 208 Å². The zero-order chi connectivity index (χ0) is 36.9. The average molecular weight is 706 g/mol. The van der Waals surface area contributed by atoms with E-state index in [0.717, 1.165) is 44.6 Å². The van der Waals surface area contributed by atoms with Crippen LogP contribution in [-0.4, -0.2) is 0 Å². The minimum atomic E-state index is -0.459. The van der Waals surface area contributed by atoms with E-state index in [1.807, 2.05) is 0 Å². The van der Waals surface area contributed by atoms with Gasteiger partial charge in [0.25, 0.3) is 0 Å². The first-order valence-corrected chi connectivity index (χ1v) is 19.3. The molecule has 0 aliphatic heterocycles. The van der Waals surface area contributed by atoms with E-state index < -0.39 is 5.41 Å². The van der Waals surface area contributed by atoms with Gasteiger partial charge >= 0.3 is 0 Å². The Morgan fingerprint density at radius 3 is 1.62 bits per heavy atom. The first kappa shape index (κ1) is 31.8. The number of furan rings is 1. The van der Waals surface area contributed by atoms with Crippen molar-refractivity contribution in [2.24, 2.45) is 0 Å². The molecule has 2 heteroatoms. The minimum absolute atomic E-state index is 0.134. The molecule has 0 fully saturated rings. The van der Waals surface area contributed by atoms with Crippen LogP contribution in [0, 0.1) is 0 Å². The van der Waals surface area contributed by atoms with Gasteiger partial charge in [0.05, 0.1) is 0 Å². The average Bonchev–Trinajstić information content (AvgIpc) is 3.82. The van der Waals surface area contributed by atoms with Crippen molar-refractivity contribution in [2.45, 2.75) is 31.6 Å². The van der Waals surface area contributed by atoms with Crippen molar-refractivity contribution in [2.75, 3.05) is 4.90 Å². The van der Waals surface area contributed by atoms with Gasteiger partial charge in [-0.2, -0.15) is 0 Å². The predicted octanol–water partition coefficient (Wildman–Crippen LogP) is 14.4. The highest BCUT2D eigenvalue weighted by molar-refractivity contribution is 6.09. The van der Waals surface area contributed by atoms with Crippen molar-refractivity contribution in [3.8, 4) is 33.4 Å². The van der Waals surface area contributed by atoms with E-state index in [1.54, 1.807) is 0 Å². The second-order valence-corrected chi connectivity index (χ2v) is 15.8. The molecule has 262 valence electrons. The van der Waals surface area contributed by atoms with Gasteiger partial charge in [0.2, 0.25) is 0 Å². The van der Waals surface area contributed by atoms with Gasteiger partial charge in [-0.05, 0) is 105 Å². The van der Waals surface area contributed by atoms with Crippen LogP contribution in [0.15, 0.2) is 186 Å². The normalized spacial score (nSPS) is 14.4. The monoisotopic (exact) mass is 705 g/mol. The maximum absolute atomic E-state index is 6.91. The zero-order valence-corrected chi connectivity index (χ0v) is 31.2. The van der Waals surface area contributed by atoms with E-state index in [0.29, 0.717) is 0 Å². The van der Waals surface area contributed by atoms with Crippen molar-refractivity contribution in [3.05, 3.63) is 210 Å². The number of benzene rings is 8. The molecular weight excluding hydrogens is 667 g/mol. The van der Waals surface area contributed by atoms with Gasteiger partial charge in [-0.15, -0.1) is 0 Å². The lowest BCUT2D eigenvalue weighted by Gasteiger charge is -2.32. The lowest BCUT2D eigenvalue weighted by molar-refractivity contribution is 0.638. The Morgan fingerprint density at radius 1 is 0.382 bits per heavy atom. The van der Waals surface area contributed by atoms with Crippen LogP contribution in [0.2, 0.25) is 0 Å². The zero-order valence-electron chi connectivity index (χ0n) is 31.2. The molecular formula is C53H39NO. The Labute approximate surface area is 322 Å². The van der Waals surface area contributed by atoms with Gasteiger partial charge in [0.15, 0.2) is 0 Å². The largest absolute Gasteiger partial charge is 0.456 e. The Bertz CT molecular complexity index is 2920. The molecule has 0 saturated heterocycles. The van der Waals surface area contributed by atoms with Crippen molar-refractivity contribution in [1.29, 1.82) is 0 Å². The number of hydrogen-bond donors (Lipinski definition) is 0. The molecule has 0 atom stereocenters. The standard InChI is InChI=1S/C53H39NO/c1-52(2)45-21-11-7-17-39(45)42-30-29-37(32-48(42)52)54(36-27-25-35(26-28-36)34-15-5-4-6-16-34)38-31-44-43-20-10-14-24-50(43)55-51(44)49(33-38)53(3)46-22-12-8-18-40(46)41-19-9-13-23-47(41)53/h4-33H,1-3H3. The van der Waals surface area contributed by atoms with Gasteiger partial charge in [-0.1, -0.05) is 153 Å². The number of fused-ring (bicyclic) bond motifs is 9. The van der Waals surface area contributed by atoms with Crippen molar-refractivity contribution >= 4 is 39.0 Å². The van der Waals surface area contributed by atoms with Crippen molar-refractivity contribution < 1.29 is 4.42 Å². The van der Waals surface area contributed by atoms with E-state index in [1.165, 1.54) is 55.6 Å². The molecule has 0 N–H and O–H groups in total. The molecule has 0 bridgehead atoms. The first-order valence-electron chi connectivity index (χ1n) is 19.3. The molecule has 1 heterocycles. The number of nitrogens with zero attached hydrogens (tertiary/aromatic N) is 1. The van der Waals surface area contributed by atoms with Gasteiger partial charge in [0.1, 0.15) is 11.2 Å². The molecule has 2 aliphatic carbocycles. The van der Waals surface area contributed by atoms with Crippen LogP contribution >= 0.6 is 0 Å². The number of para-hydroxylation sites is 1. The Kier molecular flexibility index (Phi) is 6.76. The lowest BCUT2D eigenvalue weighted by atomic mass is 9.73. The second-order valence-electron chi connectivity index (χ2n) is 15.8. The van der Waals surface area contributed by atoms with Crippen molar-refractivity contribution in [1.82, 2.24) is 0 Å². The molecule has 9 aromatic rings. The summed E-state index contributed by atoms with van der Waals surface area (Å²) in [4.78, 5) is 2.45. The van der Waals surface area contributed by atoms with E-state index in [9.17, 15) is 0 Å². The SMILES string of the molecule is CC1(C)c2ccccc2-c2ccc(N(c3ccc(-c4ccccc4)cc3)c3cc(C4(C)c5ccccc5-c5ccccc54)c4oc5ccccc5c4c3)cc21. The van der Waals surface area contributed by atoms with Gasteiger partial charge < -0.3 is 9.32 Å². The molecule has 0 amide bonds. The lowest BCUT2D eigenvalue weighted by Crippen LogP contribution is -2.23. The topological polar surface area (TPSA) is 16.4 Å². The third-order valence-electron chi connectivity index (χ3n) is 12.5. The second kappa shape index (κ2) is 11.7. The summed E-state index contributed by atoms with van der Waals surface area (Å²) >= 11 is 0. The summed E-state index contributed by atoms with van der Waals surface area (Å²) in [5.41, 5.74) is 18.6. The smallest absolute Gasteiger partial charge is 0.140 e. The van der Waals surface area contributed by atoms with Crippen LogP contribution in [0.5, 0.6) is 0 Å². The van der Waals surface area contributed by atoms with Crippen LogP contribution < -0.4 is 4.90 Å². The highest BCUT2D eigenvalue weighted by atomic mass is 16.3. The van der Waals surface area contributed by atoms with Gasteiger partial charge in [-0.3, -0.25) is 0 Å². The van der Waals surface area contributed by atoms with Crippen LogP contribution in [0.3, 0.4) is 0 Å². The molecule has 0 unspecified atom stereocenters. The van der Waals surface area contributed by atoms with E-state index >= 15 is 0 Å². The molecule has 8 aromatic carbocycles. The molecule has 1 aromatic heterocycles. The van der Waals surface area contributed by atoms with Crippen LogP contribution in [0.4, 0.5) is 17.1 Å². The number of hydrogen-bond acceptors (Lipinski definition) is 2. The fourth-order valence-corrected chi connectivity index (χ4v) is 9.77. The van der Waals surface area contributed by atoms with E-state index in [-0.39, 0.29) is 5.41 Å². The maximum atomic E-state index is 6.91. The molecule has 0 spiro atoms. The Morgan fingerprint density at radius 2 is 0.909 bits per heavy atom. The summed E-state index contributed by atoms with van der Waals surface area (Å²) < 4.78 is 6.91. The fourth-order valence-electron chi connectivity index (χ4n) is 9.77. The first-order chi connectivity index (χ1) is 26.9. The highest BCUT2D eigenvalue weighted by Crippen LogP contribution is 2.56. The number of rotatable bonds is 5. The Balaban J connectivity index is 1.19. The quantitative estimate of drug-likeness (QED) is 0.177. The summed E-state index contributed by atoms with van der Waals surface area (Å²) in [6.45, 7) is 7.10. The third kappa shape index (κ3) is 4.55. The summed E-state index contributed by atoms with van der Waals surface area (Å²) in [6.07, 6.45) is 0. The summed E-state index contributed by atoms with van der Waals surface area (Å²) in [5.74, 6) is 0. The van der Waals surface area contributed by atoms with Crippen LogP contribution in [0.25, 0.3) is 55.3 Å². The molecule has 0 radical (unpaired) electrons. The van der Waals surface area contributed by atoms with Gasteiger partial charge in [0, 0.05) is 44.2 Å². The third-order valence-corrected chi connectivity index (χ3v) is 12.5. The summed E-state index contributed by atoms with van der Waals surface area (Å²) in [6, 6.07) is 66.7. The molecule has 11 rings (SSSR count). The molecule has 55 heavy (non-hydrogen) atoms. The molecule has 2 nitrogen and oxygen atoms in total.